The molecule has 0 unspecified atom stereocenters. The summed E-state index contributed by atoms with van der Waals surface area (Å²) < 4.78 is 43.6. The van der Waals surface area contributed by atoms with Gasteiger partial charge in [-0.25, -0.2) is 4.98 Å². The third kappa shape index (κ3) is 3.80. The van der Waals surface area contributed by atoms with Crippen molar-refractivity contribution in [1.82, 2.24) is 4.98 Å². The second-order valence-corrected chi connectivity index (χ2v) is 4.09. The molecule has 0 bridgehead atoms. The summed E-state index contributed by atoms with van der Waals surface area (Å²) in [7, 11) is 0. The number of thiol groups is 1. The van der Waals surface area contributed by atoms with Crippen LogP contribution in [0.5, 0.6) is 5.88 Å². The van der Waals surface area contributed by atoms with Crippen LogP contribution in [0.1, 0.15) is 19.5 Å². The van der Waals surface area contributed by atoms with Gasteiger partial charge >= 0.3 is 6.18 Å². The molecule has 1 rings (SSSR count). The number of alkyl halides is 3. The molecule has 1 aromatic rings. The van der Waals surface area contributed by atoms with Crippen molar-refractivity contribution in [3.05, 3.63) is 17.8 Å². The number of hydrogen-bond donors (Lipinski definition) is 1. The predicted molar refractivity (Wildman–Crippen MR) is 62.5 cm³/mol. The Morgan fingerprint density at radius 2 is 2.06 bits per heavy atom. The lowest BCUT2D eigenvalue weighted by atomic mass is 10.3. The van der Waals surface area contributed by atoms with Crippen molar-refractivity contribution in [3.8, 4) is 5.88 Å². The quantitative estimate of drug-likeness (QED) is 0.681. The highest BCUT2D eigenvalue weighted by Gasteiger charge is 2.34. The molecule has 0 saturated carbocycles. The number of hydrogen-bond acceptors (Lipinski definition) is 4. The maximum Gasteiger partial charge on any atom is 0.433 e. The van der Waals surface area contributed by atoms with Crippen LogP contribution in [0.3, 0.4) is 0 Å². The number of pyridine rings is 1. The van der Waals surface area contributed by atoms with Gasteiger partial charge in [0, 0.05) is 6.07 Å². The highest BCUT2D eigenvalue weighted by molar-refractivity contribution is 7.82. The molecule has 1 aromatic heterocycles. The number of aromatic nitrogens is 1. The number of anilines is 1. The van der Waals surface area contributed by atoms with Gasteiger partial charge in [0.2, 0.25) is 12.3 Å². The van der Waals surface area contributed by atoms with Crippen LogP contribution in [0.2, 0.25) is 0 Å². The van der Waals surface area contributed by atoms with E-state index in [1.165, 1.54) is 6.07 Å². The van der Waals surface area contributed by atoms with Crippen LogP contribution in [0.4, 0.5) is 18.9 Å². The zero-order valence-electron chi connectivity index (χ0n) is 9.60. The van der Waals surface area contributed by atoms with Gasteiger partial charge in [-0.3, -0.25) is 9.10 Å². The molecular weight excluding hydrogens is 269 g/mol. The van der Waals surface area contributed by atoms with Crippen LogP contribution in [-0.2, 0) is 11.0 Å². The standard InChI is InChI=1S/C10H11F3N2O2S/c1-6(2)17-9-4-7(15(18)5-16)3-8(14-9)10(11,12)13/h3-6,18H,1-2H3. The van der Waals surface area contributed by atoms with Crippen molar-refractivity contribution in [1.29, 1.82) is 0 Å². The van der Waals surface area contributed by atoms with E-state index < -0.39 is 11.9 Å². The number of rotatable bonds is 4. The normalized spacial score (nSPS) is 11.5. The topological polar surface area (TPSA) is 42.4 Å². The fourth-order valence-corrected chi connectivity index (χ4v) is 1.25. The van der Waals surface area contributed by atoms with Crippen molar-refractivity contribution in [2.75, 3.05) is 4.31 Å². The van der Waals surface area contributed by atoms with E-state index in [1.807, 2.05) is 0 Å². The van der Waals surface area contributed by atoms with E-state index in [2.05, 4.69) is 17.8 Å². The minimum atomic E-state index is -4.62. The first-order valence-corrected chi connectivity index (χ1v) is 5.33. The fourth-order valence-electron chi connectivity index (χ4n) is 1.13. The second kappa shape index (κ2) is 5.47. The summed E-state index contributed by atoms with van der Waals surface area (Å²) in [5.74, 6) is -0.212. The molecule has 4 nitrogen and oxygen atoms in total. The van der Waals surface area contributed by atoms with Gasteiger partial charge in [0.25, 0.3) is 0 Å². The Morgan fingerprint density at radius 1 is 1.44 bits per heavy atom. The van der Waals surface area contributed by atoms with Gasteiger partial charge in [0.05, 0.1) is 11.8 Å². The molecule has 0 atom stereocenters. The summed E-state index contributed by atoms with van der Waals surface area (Å²) in [4.78, 5) is 13.8. The lowest BCUT2D eigenvalue weighted by Crippen LogP contribution is -2.15. The zero-order chi connectivity index (χ0) is 13.9. The van der Waals surface area contributed by atoms with Crippen LogP contribution >= 0.6 is 12.8 Å². The van der Waals surface area contributed by atoms with Crippen molar-refractivity contribution >= 4 is 24.9 Å². The number of carbonyl (C=O) groups is 1. The molecule has 100 valence electrons. The molecule has 1 amide bonds. The minimum Gasteiger partial charge on any atom is -0.475 e. The van der Waals surface area contributed by atoms with E-state index in [0.717, 1.165) is 0 Å². The Bertz CT molecular complexity index is 438. The largest absolute Gasteiger partial charge is 0.475 e. The van der Waals surface area contributed by atoms with Gasteiger partial charge in [0.1, 0.15) is 0 Å². The first-order valence-electron chi connectivity index (χ1n) is 4.93. The summed E-state index contributed by atoms with van der Waals surface area (Å²) in [5.41, 5.74) is -1.21. The van der Waals surface area contributed by atoms with Gasteiger partial charge in [-0.05, 0) is 19.9 Å². The van der Waals surface area contributed by atoms with Crippen molar-refractivity contribution < 1.29 is 22.7 Å². The molecule has 1 heterocycles. The van der Waals surface area contributed by atoms with Gasteiger partial charge in [0.15, 0.2) is 5.69 Å². The van der Waals surface area contributed by atoms with Crippen molar-refractivity contribution in [2.24, 2.45) is 0 Å². The molecule has 0 aliphatic heterocycles. The maximum atomic E-state index is 12.6. The fraction of sp³-hybridized carbons (Fsp3) is 0.400. The molecule has 0 aliphatic carbocycles. The zero-order valence-corrected chi connectivity index (χ0v) is 10.5. The summed E-state index contributed by atoms with van der Waals surface area (Å²) in [6.45, 7) is 3.31. The van der Waals surface area contributed by atoms with Gasteiger partial charge in [-0.15, -0.1) is 0 Å². The van der Waals surface area contributed by atoms with Crippen LogP contribution in [0, 0.1) is 0 Å². The Labute approximate surface area is 107 Å². The van der Waals surface area contributed by atoms with Crippen molar-refractivity contribution in [2.45, 2.75) is 26.1 Å². The molecule has 0 radical (unpaired) electrons. The lowest BCUT2D eigenvalue weighted by Gasteiger charge is -2.16. The first kappa shape index (κ1) is 14.6. The second-order valence-electron chi connectivity index (χ2n) is 3.66. The molecule has 0 spiro atoms. The average Bonchev–Trinajstić information content (AvgIpc) is 2.25. The highest BCUT2D eigenvalue weighted by Crippen LogP contribution is 2.32. The SMILES string of the molecule is CC(C)Oc1cc(N(S)C=O)cc(C(F)(F)F)n1. The number of amides is 1. The van der Waals surface area contributed by atoms with Gasteiger partial charge in [-0.1, -0.05) is 12.8 Å². The molecule has 0 aliphatic rings. The highest BCUT2D eigenvalue weighted by atomic mass is 32.1. The smallest absolute Gasteiger partial charge is 0.433 e. The lowest BCUT2D eigenvalue weighted by molar-refractivity contribution is -0.141. The summed E-state index contributed by atoms with van der Waals surface area (Å²) in [5, 5.41) is 0. The Balaban J connectivity index is 3.24. The third-order valence-electron chi connectivity index (χ3n) is 1.80. The molecule has 0 saturated heterocycles. The molecule has 18 heavy (non-hydrogen) atoms. The molecule has 0 fully saturated rings. The number of nitrogens with zero attached hydrogens (tertiary/aromatic N) is 2. The van der Waals surface area contributed by atoms with E-state index >= 15 is 0 Å². The van der Waals surface area contributed by atoms with E-state index in [4.69, 9.17) is 4.74 Å². The van der Waals surface area contributed by atoms with Crippen LogP contribution in [0.15, 0.2) is 12.1 Å². The first-order chi connectivity index (χ1) is 8.24. The van der Waals surface area contributed by atoms with Crippen LogP contribution in [0.25, 0.3) is 0 Å². The number of halogens is 3. The Kier molecular flexibility index (Phi) is 4.44. The van der Waals surface area contributed by atoms with E-state index in [-0.39, 0.29) is 24.1 Å². The number of carbonyl (C=O) groups excluding carboxylic acids is 1. The van der Waals surface area contributed by atoms with Crippen LogP contribution in [-0.4, -0.2) is 17.5 Å². The van der Waals surface area contributed by atoms with Gasteiger partial charge < -0.3 is 4.74 Å². The summed E-state index contributed by atoms with van der Waals surface area (Å²) >= 11 is 3.71. The predicted octanol–water partition coefficient (Wildman–Crippen LogP) is 2.70. The van der Waals surface area contributed by atoms with Gasteiger partial charge in [-0.2, -0.15) is 13.2 Å². The summed E-state index contributed by atoms with van der Waals surface area (Å²) in [6, 6.07) is 1.92. The molecule has 8 heteroatoms. The van der Waals surface area contributed by atoms with Crippen molar-refractivity contribution in [3.63, 3.8) is 0 Å². The molecular formula is C10H11F3N2O2S. The maximum absolute atomic E-state index is 12.6. The minimum absolute atomic E-state index is 0.0636. The van der Waals surface area contributed by atoms with E-state index in [9.17, 15) is 18.0 Å². The Morgan fingerprint density at radius 3 is 2.50 bits per heavy atom. The monoisotopic (exact) mass is 280 g/mol. The van der Waals surface area contributed by atoms with E-state index in [1.54, 1.807) is 13.8 Å². The molecule has 0 aromatic carbocycles. The average molecular weight is 280 g/mol. The summed E-state index contributed by atoms with van der Waals surface area (Å²) in [6.07, 6.45) is -4.68. The Hall–Kier alpha value is -1.44. The van der Waals surface area contributed by atoms with Crippen LogP contribution < -0.4 is 9.04 Å². The van der Waals surface area contributed by atoms with E-state index in [0.29, 0.717) is 10.4 Å². The molecule has 0 N–H and O–H groups in total. The third-order valence-corrected chi connectivity index (χ3v) is 2.12. The number of ether oxygens (including phenoxy) is 1.